The molecule has 0 saturated heterocycles. The number of hydrogen-bond acceptors (Lipinski definition) is 3. The van der Waals surface area contributed by atoms with Crippen LogP contribution in [0.2, 0.25) is 0 Å². The zero-order valence-corrected chi connectivity index (χ0v) is 13.9. The number of nitrogens with one attached hydrogen (secondary N) is 1. The number of hydrogen-bond donors (Lipinski definition) is 2. The fraction of sp³-hybridized carbons (Fsp3) is 0.875. The first-order valence-corrected chi connectivity index (χ1v) is 8.15. The van der Waals surface area contributed by atoms with E-state index in [-0.39, 0.29) is 24.3 Å². The SMILES string of the molecule is CC(C)CN(C(=O)CNC(=O)[C@@H](N)C(C)C)C1CCCC1. The molecule has 0 aromatic carbocycles. The van der Waals surface area contributed by atoms with Crippen LogP contribution >= 0.6 is 0 Å². The van der Waals surface area contributed by atoms with Gasteiger partial charge in [-0.1, -0.05) is 40.5 Å². The topological polar surface area (TPSA) is 75.4 Å². The van der Waals surface area contributed by atoms with E-state index in [4.69, 9.17) is 5.73 Å². The number of carbonyl (C=O) groups excluding carboxylic acids is 2. The van der Waals surface area contributed by atoms with Crippen molar-refractivity contribution in [1.82, 2.24) is 10.2 Å². The van der Waals surface area contributed by atoms with Crippen LogP contribution in [0.3, 0.4) is 0 Å². The average Bonchev–Trinajstić information content (AvgIpc) is 2.94. The summed E-state index contributed by atoms with van der Waals surface area (Å²) in [5.41, 5.74) is 5.79. The zero-order valence-electron chi connectivity index (χ0n) is 13.9. The van der Waals surface area contributed by atoms with Crippen LogP contribution in [0, 0.1) is 11.8 Å². The fourth-order valence-corrected chi connectivity index (χ4v) is 2.75. The van der Waals surface area contributed by atoms with Crippen LogP contribution in [0.4, 0.5) is 0 Å². The van der Waals surface area contributed by atoms with Gasteiger partial charge in [-0.05, 0) is 24.7 Å². The molecule has 1 saturated carbocycles. The summed E-state index contributed by atoms with van der Waals surface area (Å²) in [6.07, 6.45) is 4.55. The lowest BCUT2D eigenvalue weighted by molar-refractivity contribution is -0.135. The van der Waals surface area contributed by atoms with Crippen molar-refractivity contribution in [2.45, 2.75) is 65.5 Å². The normalized spacial score (nSPS) is 17.3. The van der Waals surface area contributed by atoms with Gasteiger partial charge in [-0.2, -0.15) is 0 Å². The van der Waals surface area contributed by atoms with Crippen LogP contribution in [0.1, 0.15) is 53.4 Å². The van der Waals surface area contributed by atoms with Gasteiger partial charge in [0.1, 0.15) is 0 Å². The molecule has 2 amide bonds. The highest BCUT2D eigenvalue weighted by Crippen LogP contribution is 2.24. The minimum atomic E-state index is -0.553. The lowest BCUT2D eigenvalue weighted by atomic mass is 10.1. The van der Waals surface area contributed by atoms with Crippen LogP contribution in [0.15, 0.2) is 0 Å². The van der Waals surface area contributed by atoms with Crippen molar-refractivity contribution in [1.29, 1.82) is 0 Å². The van der Waals surface area contributed by atoms with Gasteiger partial charge in [0.05, 0.1) is 12.6 Å². The number of nitrogens with two attached hydrogens (primary N) is 1. The van der Waals surface area contributed by atoms with Gasteiger partial charge in [0, 0.05) is 12.6 Å². The third-order valence-electron chi connectivity index (χ3n) is 4.08. The molecule has 0 heterocycles. The molecule has 1 aliphatic carbocycles. The summed E-state index contributed by atoms with van der Waals surface area (Å²) < 4.78 is 0. The summed E-state index contributed by atoms with van der Waals surface area (Å²) in [5.74, 6) is 0.277. The predicted molar refractivity (Wildman–Crippen MR) is 84.6 cm³/mol. The van der Waals surface area contributed by atoms with E-state index in [9.17, 15) is 9.59 Å². The second-order valence-electron chi connectivity index (χ2n) is 6.87. The quantitative estimate of drug-likeness (QED) is 0.748. The Bertz CT molecular complexity index is 349. The molecule has 0 aromatic heterocycles. The maximum atomic E-state index is 12.4. The number of nitrogens with zero attached hydrogens (tertiary/aromatic N) is 1. The zero-order chi connectivity index (χ0) is 16.0. The highest BCUT2D eigenvalue weighted by molar-refractivity contribution is 5.87. The Balaban J connectivity index is 2.54. The van der Waals surface area contributed by atoms with Gasteiger partial charge in [-0.15, -0.1) is 0 Å². The summed E-state index contributed by atoms with van der Waals surface area (Å²) in [7, 11) is 0. The first-order chi connectivity index (χ1) is 9.82. The lowest BCUT2D eigenvalue weighted by Crippen LogP contribution is -2.50. The average molecular weight is 297 g/mol. The number of rotatable bonds is 7. The van der Waals surface area contributed by atoms with Gasteiger partial charge in [0.25, 0.3) is 0 Å². The van der Waals surface area contributed by atoms with E-state index in [1.165, 1.54) is 12.8 Å². The second-order valence-corrected chi connectivity index (χ2v) is 6.87. The molecule has 0 spiro atoms. The van der Waals surface area contributed by atoms with Crippen LogP contribution in [-0.4, -0.2) is 41.9 Å². The molecule has 0 unspecified atom stereocenters. The minimum absolute atomic E-state index is 0.0138. The van der Waals surface area contributed by atoms with Crippen LogP contribution in [0.25, 0.3) is 0 Å². The van der Waals surface area contributed by atoms with Crippen LogP contribution in [-0.2, 0) is 9.59 Å². The maximum absolute atomic E-state index is 12.4. The molecule has 0 aromatic rings. The molecule has 0 radical (unpaired) electrons. The van der Waals surface area contributed by atoms with Crippen molar-refractivity contribution in [2.24, 2.45) is 17.6 Å². The summed E-state index contributed by atoms with van der Waals surface area (Å²) >= 11 is 0. The molecule has 1 aliphatic rings. The minimum Gasteiger partial charge on any atom is -0.346 e. The maximum Gasteiger partial charge on any atom is 0.242 e. The Kier molecular flexibility index (Phi) is 7.15. The third-order valence-corrected chi connectivity index (χ3v) is 4.08. The van der Waals surface area contributed by atoms with E-state index < -0.39 is 6.04 Å². The van der Waals surface area contributed by atoms with Crippen molar-refractivity contribution in [2.75, 3.05) is 13.1 Å². The predicted octanol–water partition coefficient (Wildman–Crippen LogP) is 1.51. The monoisotopic (exact) mass is 297 g/mol. The van der Waals surface area contributed by atoms with E-state index in [2.05, 4.69) is 19.2 Å². The molecule has 5 heteroatoms. The Morgan fingerprint density at radius 2 is 1.76 bits per heavy atom. The molecule has 0 aliphatic heterocycles. The lowest BCUT2D eigenvalue weighted by Gasteiger charge is -2.31. The Hall–Kier alpha value is -1.10. The van der Waals surface area contributed by atoms with E-state index in [1.807, 2.05) is 18.7 Å². The van der Waals surface area contributed by atoms with E-state index in [1.54, 1.807) is 0 Å². The summed E-state index contributed by atoms with van der Waals surface area (Å²) in [6, 6.07) is -0.210. The third kappa shape index (κ3) is 5.65. The number of carbonyl (C=O) groups is 2. The highest BCUT2D eigenvalue weighted by Gasteiger charge is 2.27. The molecule has 122 valence electrons. The Morgan fingerprint density at radius 1 is 1.19 bits per heavy atom. The van der Waals surface area contributed by atoms with Gasteiger partial charge >= 0.3 is 0 Å². The molecule has 21 heavy (non-hydrogen) atoms. The first kappa shape index (κ1) is 18.0. The summed E-state index contributed by atoms with van der Waals surface area (Å²) in [5, 5.41) is 2.69. The molecular weight excluding hydrogens is 266 g/mol. The molecule has 0 bridgehead atoms. The van der Waals surface area contributed by atoms with Gasteiger partial charge in [-0.25, -0.2) is 0 Å². The van der Waals surface area contributed by atoms with E-state index in [0.29, 0.717) is 12.0 Å². The summed E-state index contributed by atoms with van der Waals surface area (Å²) in [4.78, 5) is 26.2. The Labute approximate surface area is 128 Å². The van der Waals surface area contributed by atoms with Gasteiger partial charge in [0.2, 0.25) is 11.8 Å². The van der Waals surface area contributed by atoms with E-state index in [0.717, 1.165) is 19.4 Å². The van der Waals surface area contributed by atoms with Crippen molar-refractivity contribution < 1.29 is 9.59 Å². The van der Waals surface area contributed by atoms with Gasteiger partial charge in [-0.3, -0.25) is 9.59 Å². The van der Waals surface area contributed by atoms with Gasteiger partial charge in [0.15, 0.2) is 0 Å². The van der Waals surface area contributed by atoms with Crippen LogP contribution in [0.5, 0.6) is 0 Å². The van der Waals surface area contributed by atoms with Crippen molar-refractivity contribution in [3.8, 4) is 0 Å². The molecule has 5 nitrogen and oxygen atoms in total. The molecule has 3 N–H and O–H groups in total. The molecular formula is C16H31N3O2. The smallest absolute Gasteiger partial charge is 0.242 e. The van der Waals surface area contributed by atoms with Crippen molar-refractivity contribution in [3.63, 3.8) is 0 Å². The van der Waals surface area contributed by atoms with Crippen molar-refractivity contribution >= 4 is 11.8 Å². The summed E-state index contributed by atoms with van der Waals surface area (Å²) in [6.45, 7) is 8.84. The fourth-order valence-electron chi connectivity index (χ4n) is 2.75. The van der Waals surface area contributed by atoms with Crippen molar-refractivity contribution in [3.05, 3.63) is 0 Å². The van der Waals surface area contributed by atoms with E-state index >= 15 is 0 Å². The largest absolute Gasteiger partial charge is 0.346 e. The Morgan fingerprint density at radius 3 is 2.24 bits per heavy atom. The molecule has 1 atom stereocenters. The first-order valence-electron chi connectivity index (χ1n) is 8.15. The highest BCUT2D eigenvalue weighted by atomic mass is 16.2. The van der Waals surface area contributed by atoms with Gasteiger partial charge < -0.3 is 16.0 Å². The second kappa shape index (κ2) is 8.37. The number of amides is 2. The van der Waals surface area contributed by atoms with Crippen LogP contribution < -0.4 is 11.1 Å². The molecule has 1 fully saturated rings. The molecule has 1 rings (SSSR count). The standard InChI is InChI=1S/C16H31N3O2/c1-11(2)10-19(13-7-5-6-8-13)14(20)9-18-16(21)15(17)12(3)4/h11-13,15H,5-10,17H2,1-4H3,(H,18,21)/t15-/m0/s1.